The summed E-state index contributed by atoms with van der Waals surface area (Å²) in [6.07, 6.45) is 6.93. The molecule has 3 heterocycles. The zero-order chi connectivity index (χ0) is 14.8. The van der Waals surface area contributed by atoms with E-state index in [1.54, 1.807) is 17.1 Å². The van der Waals surface area contributed by atoms with Gasteiger partial charge in [0.1, 0.15) is 5.82 Å². The Labute approximate surface area is 128 Å². The minimum atomic E-state index is 0.153. The van der Waals surface area contributed by atoms with E-state index in [4.69, 9.17) is 0 Å². The van der Waals surface area contributed by atoms with Crippen LogP contribution in [0.3, 0.4) is 0 Å². The van der Waals surface area contributed by atoms with Gasteiger partial charge in [0.25, 0.3) is 0 Å². The van der Waals surface area contributed by atoms with Gasteiger partial charge in [-0.3, -0.25) is 9.48 Å². The number of Topliss-reactive ketones (excluding diaryl/α,β-unsaturated/α-hetero) is 1. The van der Waals surface area contributed by atoms with Gasteiger partial charge in [0.2, 0.25) is 5.13 Å². The molecule has 0 spiro atoms. The molecule has 0 radical (unpaired) electrons. The molecule has 112 valence electrons. The van der Waals surface area contributed by atoms with Crippen LogP contribution >= 0.6 is 11.5 Å². The number of anilines is 1. The van der Waals surface area contributed by atoms with Crippen molar-refractivity contribution in [1.82, 2.24) is 19.1 Å². The summed E-state index contributed by atoms with van der Waals surface area (Å²) in [5.41, 5.74) is 0.691. The van der Waals surface area contributed by atoms with E-state index in [9.17, 15) is 4.79 Å². The zero-order valence-electron chi connectivity index (χ0n) is 12.3. The Hall–Kier alpha value is -1.76. The molecular formula is C14H19N5OS. The standard InChI is InChI=1S/C14H19N5OS/c1-3-13-16-14(21-17-13)19-6-4-5-11(19)7-12(20)10-8-15-18(2)9-10/h8-9,11H,3-7H2,1-2H3/t11-/m1/s1. The third kappa shape index (κ3) is 2.97. The third-order valence-electron chi connectivity index (χ3n) is 3.84. The second kappa shape index (κ2) is 5.93. The Morgan fingerprint density at radius 3 is 3.05 bits per heavy atom. The summed E-state index contributed by atoms with van der Waals surface area (Å²) < 4.78 is 6.01. The monoisotopic (exact) mass is 305 g/mol. The lowest BCUT2D eigenvalue weighted by atomic mass is 10.0. The van der Waals surface area contributed by atoms with Crippen molar-refractivity contribution in [1.29, 1.82) is 0 Å². The van der Waals surface area contributed by atoms with Gasteiger partial charge in [-0.2, -0.15) is 9.47 Å². The minimum Gasteiger partial charge on any atom is -0.343 e. The number of carbonyl (C=O) groups is 1. The average molecular weight is 305 g/mol. The van der Waals surface area contributed by atoms with Crippen LogP contribution in [-0.2, 0) is 13.5 Å². The summed E-state index contributed by atoms with van der Waals surface area (Å²) in [6.45, 7) is 3.02. The van der Waals surface area contributed by atoms with E-state index in [0.717, 1.165) is 36.8 Å². The van der Waals surface area contributed by atoms with E-state index in [2.05, 4.69) is 26.3 Å². The van der Waals surface area contributed by atoms with E-state index in [1.165, 1.54) is 11.5 Å². The van der Waals surface area contributed by atoms with Gasteiger partial charge in [0, 0.05) is 50.2 Å². The van der Waals surface area contributed by atoms with Gasteiger partial charge in [0.15, 0.2) is 5.78 Å². The molecule has 0 saturated carbocycles. The number of hydrogen-bond acceptors (Lipinski definition) is 6. The Kier molecular flexibility index (Phi) is 4.01. The summed E-state index contributed by atoms with van der Waals surface area (Å²) >= 11 is 1.44. The Morgan fingerprint density at radius 1 is 1.52 bits per heavy atom. The number of aryl methyl sites for hydroxylation is 2. The van der Waals surface area contributed by atoms with Crippen molar-refractivity contribution in [3.8, 4) is 0 Å². The fourth-order valence-corrected chi connectivity index (χ4v) is 3.55. The molecular weight excluding hydrogens is 286 g/mol. The molecule has 0 bridgehead atoms. The van der Waals surface area contributed by atoms with Crippen LogP contribution in [0.5, 0.6) is 0 Å². The minimum absolute atomic E-state index is 0.153. The fraction of sp³-hybridized carbons (Fsp3) is 0.571. The van der Waals surface area contributed by atoms with Crippen LogP contribution in [0.25, 0.3) is 0 Å². The molecule has 0 aliphatic carbocycles. The number of rotatable bonds is 5. The molecule has 6 nitrogen and oxygen atoms in total. The van der Waals surface area contributed by atoms with Crippen LogP contribution in [0.1, 0.15) is 42.4 Å². The van der Waals surface area contributed by atoms with E-state index in [0.29, 0.717) is 12.0 Å². The van der Waals surface area contributed by atoms with Crippen molar-refractivity contribution in [3.63, 3.8) is 0 Å². The van der Waals surface area contributed by atoms with Crippen molar-refractivity contribution in [3.05, 3.63) is 23.8 Å². The Morgan fingerprint density at radius 2 is 2.38 bits per heavy atom. The maximum atomic E-state index is 12.3. The molecule has 1 fully saturated rings. The highest BCUT2D eigenvalue weighted by Crippen LogP contribution is 2.29. The van der Waals surface area contributed by atoms with Crippen molar-refractivity contribution < 1.29 is 4.79 Å². The van der Waals surface area contributed by atoms with E-state index in [-0.39, 0.29) is 11.8 Å². The molecule has 7 heteroatoms. The lowest BCUT2D eigenvalue weighted by Gasteiger charge is -2.22. The largest absolute Gasteiger partial charge is 0.343 e. The zero-order valence-corrected chi connectivity index (χ0v) is 13.1. The van der Waals surface area contributed by atoms with Crippen molar-refractivity contribution in [2.75, 3.05) is 11.4 Å². The van der Waals surface area contributed by atoms with Gasteiger partial charge in [-0.25, -0.2) is 4.98 Å². The van der Waals surface area contributed by atoms with Gasteiger partial charge in [-0.15, -0.1) is 0 Å². The number of nitrogens with zero attached hydrogens (tertiary/aromatic N) is 5. The lowest BCUT2D eigenvalue weighted by Crippen LogP contribution is -2.31. The first kappa shape index (κ1) is 14.2. The third-order valence-corrected chi connectivity index (χ3v) is 4.64. The summed E-state index contributed by atoms with van der Waals surface area (Å²) in [6, 6.07) is 0.232. The maximum Gasteiger partial charge on any atom is 0.205 e. The molecule has 1 aliphatic rings. The highest BCUT2D eigenvalue weighted by molar-refractivity contribution is 7.09. The molecule has 1 aliphatic heterocycles. The molecule has 2 aromatic heterocycles. The average Bonchev–Trinajstić information content (AvgIpc) is 3.17. The molecule has 0 unspecified atom stereocenters. The number of ketones is 1. The Bertz CT molecular complexity index is 635. The van der Waals surface area contributed by atoms with Crippen LogP contribution in [0.2, 0.25) is 0 Å². The molecule has 0 aromatic carbocycles. The van der Waals surface area contributed by atoms with Crippen LogP contribution in [0.4, 0.5) is 5.13 Å². The van der Waals surface area contributed by atoms with Crippen LogP contribution in [-0.4, -0.2) is 37.5 Å². The first-order chi connectivity index (χ1) is 10.2. The van der Waals surface area contributed by atoms with Gasteiger partial charge >= 0.3 is 0 Å². The smallest absolute Gasteiger partial charge is 0.205 e. The quantitative estimate of drug-likeness (QED) is 0.791. The lowest BCUT2D eigenvalue weighted by molar-refractivity contribution is 0.0974. The molecule has 0 amide bonds. The second-order valence-electron chi connectivity index (χ2n) is 5.37. The maximum absolute atomic E-state index is 12.3. The van der Waals surface area contributed by atoms with Gasteiger partial charge in [0.05, 0.1) is 11.8 Å². The number of aromatic nitrogens is 4. The van der Waals surface area contributed by atoms with E-state index in [1.807, 2.05) is 7.05 Å². The molecule has 0 N–H and O–H groups in total. The highest BCUT2D eigenvalue weighted by Gasteiger charge is 2.29. The first-order valence-corrected chi connectivity index (χ1v) is 8.05. The van der Waals surface area contributed by atoms with Crippen molar-refractivity contribution >= 4 is 22.4 Å². The van der Waals surface area contributed by atoms with E-state index < -0.39 is 0 Å². The highest BCUT2D eigenvalue weighted by atomic mass is 32.1. The van der Waals surface area contributed by atoms with Crippen LogP contribution in [0.15, 0.2) is 12.4 Å². The SMILES string of the molecule is CCc1nsc(N2CCC[C@@H]2CC(=O)c2cnn(C)c2)n1. The van der Waals surface area contributed by atoms with Crippen molar-refractivity contribution in [2.24, 2.45) is 7.05 Å². The molecule has 21 heavy (non-hydrogen) atoms. The summed E-state index contributed by atoms with van der Waals surface area (Å²) in [4.78, 5) is 19.1. The molecule has 3 rings (SSSR count). The topological polar surface area (TPSA) is 63.9 Å². The predicted octanol–water partition coefficient (Wildman–Crippen LogP) is 2.08. The summed E-state index contributed by atoms with van der Waals surface area (Å²) in [5, 5.41) is 5.02. The van der Waals surface area contributed by atoms with E-state index >= 15 is 0 Å². The molecule has 1 saturated heterocycles. The molecule has 1 atom stereocenters. The Balaban J connectivity index is 1.70. The predicted molar refractivity (Wildman–Crippen MR) is 81.8 cm³/mol. The summed E-state index contributed by atoms with van der Waals surface area (Å²) in [7, 11) is 1.83. The molecule has 2 aromatic rings. The first-order valence-electron chi connectivity index (χ1n) is 7.28. The number of carbonyl (C=O) groups excluding carboxylic acids is 1. The van der Waals surface area contributed by atoms with Gasteiger partial charge < -0.3 is 4.90 Å². The van der Waals surface area contributed by atoms with Crippen molar-refractivity contribution in [2.45, 2.75) is 38.6 Å². The number of hydrogen-bond donors (Lipinski definition) is 0. The fourth-order valence-electron chi connectivity index (χ4n) is 2.70. The summed E-state index contributed by atoms with van der Waals surface area (Å²) in [5.74, 6) is 1.04. The van der Waals surface area contributed by atoms with Gasteiger partial charge in [-0.1, -0.05) is 6.92 Å². The van der Waals surface area contributed by atoms with Crippen LogP contribution < -0.4 is 4.90 Å². The van der Waals surface area contributed by atoms with Gasteiger partial charge in [-0.05, 0) is 12.8 Å². The normalized spacial score (nSPS) is 18.4. The second-order valence-corrected chi connectivity index (χ2v) is 6.10. The van der Waals surface area contributed by atoms with Crippen LogP contribution in [0, 0.1) is 0 Å².